The van der Waals surface area contributed by atoms with Crippen molar-refractivity contribution in [2.75, 3.05) is 14.2 Å². The monoisotopic (exact) mass is 330 g/mol. The summed E-state index contributed by atoms with van der Waals surface area (Å²) in [4.78, 5) is 29.3. The number of hydrogen-bond acceptors (Lipinski definition) is 5. The largest absolute Gasteiger partial charge is 0.493 e. The normalized spacial score (nSPS) is 11.0. The number of methoxy groups -OCH3 is 2. The maximum absolute atomic E-state index is 12.7. The number of rotatable bonds is 4. The van der Waals surface area contributed by atoms with E-state index < -0.39 is 5.69 Å². The molecule has 2 aromatic heterocycles. The van der Waals surface area contributed by atoms with E-state index in [1.165, 1.54) is 22.6 Å². The van der Waals surface area contributed by atoms with Crippen molar-refractivity contribution in [1.29, 1.82) is 0 Å². The van der Waals surface area contributed by atoms with Crippen molar-refractivity contribution < 1.29 is 9.47 Å². The summed E-state index contributed by atoms with van der Waals surface area (Å²) >= 11 is 0. The number of benzene rings is 1. The first kappa shape index (κ1) is 15.9. The minimum atomic E-state index is -0.416. The van der Waals surface area contributed by atoms with Gasteiger partial charge in [0.15, 0.2) is 22.7 Å². The molecule has 8 nitrogen and oxygen atoms in total. The number of fused-ring (bicyclic) bond motifs is 1. The van der Waals surface area contributed by atoms with Crippen molar-refractivity contribution in [3.63, 3.8) is 0 Å². The Morgan fingerprint density at radius 2 is 1.79 bits per heavy atom. The molecule has 0 saturated carbocycles. The first-order valence-electron chi connectivity index (χ1n) is 7.29. The van der Waals surface area contributed by atoms with E-state index >= 15 is 0 Å². The summed E-state index contributed by atoms with van der Waals surface area (Å²) in [5, 5.41) is 0. The minimum absolute atomic E-state index is 0.132. The Bertz CT molecular complexity index is 1030. The van der Waals surface area contributed by atoms with Crippen molar-refractivity contribution in [3.05, 3.63) is 50.9 Å². The van der Waals surface area contributed by atoms with E-state index in [2.05, 4.69) is 4.98 Å². The summed E-state index contributed by atoms with van der Waals surface area (Å²) < 4.78 is 14.6. The molecule has 0 spiro atoms. The van der Waals surface area contributed by atoms with Crippen LogP contribution in [-0.4, -0.2) is 32.9 Å². The highest BCUT2D eigenvalue weighted by atomic mass is 16.5. The zero-order valence-electron chi connectivity index (χ0n) is 13.9. The van der Waals surface area contributed by atoms with Crippen LogP contribution in [0.1, 0.15) is 5.56 Å². The van der Waals surface area contributed by atoms with Gasteiger partial charge in [0.1, 0.15) is 0 Å². The number of nitrogens with zero attached hydrogens (tertiary/aromatic N) is 4. The van der Waals surface area contributed by atoms with Gasteiger partial charge in [-0.05, 0) is 17.7 Å². The van der Waals surface area contributed by atoms with Crippen LogP contribution in [0.5, 0.6) is 11.5 Å². The fourth-order valence-electron chi connectivity index (χ4n) is 2.70. The summed E-state index contributed by atoms with van der Waals surface area (Å²) in [6.45, 7) is 0.132. The van der Waals surface area contributed by atoms with E-state index in [9.17, 15) is 9.59 Å². The summed E-state index contributed by atoms with van der Waals surface area (Å²) in [7, 11) is 6.41. The highest BCUT2D eigenvalue weighted by Gasteiger charge is 2.15. The predicted octanol–water partition coefficient (Wildman–Crippen LogP) is 0.499. The average Bonchev–Trinajstić information content (AvgIpc) is 2.98. The smallest absolute Gasteiger partial charge is 0.332 e. The van der Waals surface area contributed by atoms with E-state index in [-0.39, 0.29) is 12.1 Å². The van der Waals surface area contributed by atoms with Crippen LogP contribution in [0.3, 0.4) is 0 Å². The quantitative estimate of drug-likeness (QED) is 0.696. The molecule has 0 N–H and O–H groups in total. The predicted molar refractivity (Wildman–Crippen MR) is 88.9 cm³/mol. The summed E-state index contributed by atoms with van der Waals surface area (Å²) in [6.07, 6.45) is 1.52. The second-order valence-electron chi connectivity index (χ2n) is 5.45. The lowest BCUT2D eigenvalue weighted by Gasteiger charge is -2.11. The molecule has 126 valence electrons. The van der Waals surface area contributed by atoms with Crippen LogP contribution in [0.25, 0.3) is 11.2 Å². The molecule has 0 saturated heterocycles. The van der Waals surface area contributed by atoms with Gasteiger partial charge in [0, 0.05) is 14.1 Å². The Labute approximate surface area is 137 Å². The van der Waals surface area contributed by atoms with Crippen LogP contribution < -0.4 is 20.7 Å². The zero-order chi connectivity index (χ0) is 17.4. The molecule has 3 rings (SSSR count). The SMILES string of the molecule is COc1ccc(Cn2c(=O)c3c(ncn3C)n(C)c2=O)cc1OC. The van der Waals surface area contributed by atoms with Gasteiger partial charge in [-0.25, -0.2) is 9.78 Å². The molecule has 0 atom stereocenters. The number of aromatic nitrogens is 4. The molecule has 3 aromatic rings. The van der Waals surface area contributed by atoms with Crippen molar-refractivity contribution in [3.8, 4) is 11.5 Å². The number of aryl methyl sites for hydroxylation is 2. The van der Waals surface area contributed by atoms with E-state index in [1.54, 1.807) is 44.0 Å². The van der Waals surface area contributed by atoms with Crippen LogP contribution in [0.4, 0.5) is 0 Å². The molecular weight excluding hydrogens is 312 g/mol. The Kier molecular flexibility index (Phi) is 3.88. The fraction of sp³-hybridized carbons (Fsp3) is 0.312. The van der Waals surface area contributed by atoms with Crippen LogP contribution in [0, 0.1) is 0 Å². The molecule has 8 heteroatoms. The molecule has 0 radical (unpaired) electrons. The van der Waals surface area contributed by atoms with Gasteiger partial charge in [-0.2, -0.15) is 0 Å². The van der Waals surface area contributed by atoms with Gasteiger partial charge in [0.05, 0.1) is 27.1 Å². The molecule has 2 heterocycles. The van der Waals surface area contributed by atoms with Crippen LogP contribution in [0.2, 0.25) is 0 Å². The third-order valence-electron chi connectivity index (χ3n) is 3.99. The van der Waals surface area contributed by atoms with Gasteiger partial charge in [-0.1, -0.05) is 6.07 Å². The van der Waals surface area contributed by atoms with Crippen LogP contribution in [-0.2, 0) is 20.6 Å². The lowest BCUT2D eigenvalue weighted by Crippen LogP contribution is -2.39. The fourth-order valence-corrected chi connectivity index (χ4v) is 2.70. The lowest BCUT2D eigenvalue weighted by atomic mass is 10.2. The molecule has 0 aliphatic rings. The van der Waals surface area contributed by atoms with Gasteiger partial charge in [0.25, 0.3) is 5.56 Å². The molecular formula is C16H18N4O4. The molecule has 0 fully saturated rings. The third kappa shape index (κ3) is 2.36. The summed E-state index contributed by atoms with van der Waals surface area (Å²) in [5.41, 5.74) is 0.728. The second kappa shape index (κ2) is 5.88. The number of ether oxygens (including phenoxy) is 2. The van der Waals surface area contributed by atoms with Gasteiger partial charge in [-0.3, -0.25) is 13.9 Å². The first-order valence-corrected chi connectivity index (χ1v) is 7.29. The van der Waals surface area contributed by atoms with E-state index in [0.717, 1.165) is 5.56 Å². The Hall–Kier alpha value is -3.03. The average molecular weight is 330 g/mol. The highest BCUT2D eigenvalue weighted by molar-refractivity contribution is 5.69. The summed E-state index contributed by atoms with van der Waals surface area (Å²) in [5.74, 6) is 1.13. The van der Waals surface area contributed by atoms with Gasteiger partial charge in [0.2, 0.25) is 0 Å². The minimum Gasteiger partial charge on any atom is -0.493 e. The molecule has 0 aliphatic heterocycles. The number of hydrogen-bond donors (Lipinski definition) is 0. The van der Waals surface area contributed by atoms with Crippen LogP contribution in [0.15, 0.2) is 34.1 Å². The zero-order valence-corrected chi connectivity index (χ0v) is 13.9. The van der Waals surface area contributed by atoms with Gasteiger partial charge < -0.3 is 14.0 Å². The Morgan fingerprint density at radius 3 is 2.46 bits per heavy atom. The first-order chi connectivity index (χ1) is 11.5. The van der Waals surface area contributed by atoms with E-state index in [4.69, 9.17) is 9.47 Å². The molecule has 24 heavy (non-hydrogen) atoms. The standard InChI is InChI=1S/C16H18N4O4/c1-18-9-17-14-13(18)15(21)20(16(22)19(14)2)8-10-5-6-11(23-3)12(7-10)24-4/h5-7,9H,8H2,1-4H3. The molecule has 0 bridgehead atoms. The van der Waals surface area contributed by atoms with Crippen molar-refractivity contribution in [1.82, 2.24) is 18.7 Å². The molecule has 0 aliphatic carbocycles. The topological polar surface area (TPSA) is 80.3 Å². The highest BCUT2D eigenvalue weighted by Crippen LogP contribution is 2.27. The Morgan fingerprint density at radius 1 is 1.08 bits per heavy atom. The summed E-state index contributed by atoms with van der Waals surface area (Å²) in [6, 6.07) is 5.28. The van der Waals surface area contributed by atoms with Gasteiger partial charge >= 0.3 is 5.69 Å². The van der Waals surface area contributed by atoms with E-state index in [1.807, 2.05) is 0 Å². The molecule has 1 aromatic carbocycles. The third-order valence-corrected chi connectivity index (χ3v) is 3.99. The molecule has 0 unspecified atom stereocenters. The maximum atomic E-state index is 12.7. The molecule has 0 amide bonds. The van der Waals surface area contributed by atoms with Crippen molar-refractivity contribution >= 4 is 11.2 Å². The number of imidazole rings is 1. The van der Waals surface area contributed by atoms with Crippen molar-refractivity contribution in [2.45, 2.75) is 6.54 Å². The van der Waals surface area contributed by atoms with Crippen LogP contribution >= 0.6 is 0 Å². The van der Waals surface area contributed by atoms with Gasteiger partial charge in [-0.15, -0.1) is 0 Å². The second-order valence-corrected chi connectivity index (χ2v) is 5.45. The van der Waals surface area contributed by atoms with E-state index in [0.29, 0.717) is 22.7 Å². The van der Waals surface area contributed by atoms with Crippen molar-refractivity contribution in [2.24, 2.45) is 14.1 Å². The lowest BCUT2D eigenvalue weighted by molar-refractivity contribution is 0.354. The maximum Gasteiger partial charge on any atom is 0.332 e. The Balaban J connectivity index is 2.16.